The van der Waals surface area contributed by atoms with Gasteiger partial charge in [-0.25, -0.2) is 0 Å². The Balaban J connectivity index is 0.000000638. The Morgan fingerprint density at radius 3 is 1.95 bits per heavy atom. The van der Waals surface area contributed by atoms with Crippen LogP contribution in [0.2, 0.25) is 0 Å². The Kier molecular flexibility index (Phi) is 9.86. The van der Waals surface area contributed by atoms with E-state index in [0.717, 1.165) is 24.9 Å². The van der Waals surface area contributed by atoms with E-state index in [1.165, 1.54) is 0 Å². The number of halogens is 3. The zero-order valence-electron chi connectivity index (χ0n) is 21.4. The number of aliphatic carboxylic acids is 1. The molecule has 1 saturated heterocycles. The Hall–Kier alpha value is -4.09. The van der Waals surface area contributed by atoms with Gasteiger partial charge < -0.3 is 20.5 Å². The molecule has 1 aliphatic rings. The first-order valence-corrected chi connectivity index (χ1v) is 11.8. The number of hydrogen-bond donors (Lipinski definition) is 4. The average molecular weight is 536 g/mol. The van der Waals surface area contributed by atoms with Gasteiger partial charge in [0.1, 0.15) is 5.97 Å². The predicted molar refractivity (Wildman–Crippen MR) is 135 cm³/mol. The molecule has 0 spiro atoms. The first-order valence-electron chi connectivity index (χ1n) is 11.8. The summed E-state index contributed by atoms with van der Waals surface area (Å²) in [5, 5.41) is 14.7. The Morgan fingerprint density at radius 1 is 0.947 bits per heavy atom. The maximum absolute atomic E-state index is 12.8. The van der Waals surface area contributed by atoms with Gasteiger partial charge in [-0.3, -0.25) is 25.6 Å². The van der Waals surface area contributed by atoms with E-state index in [9.17, 15) is 22.8 Å². The summed E-state index contributed by atoms with van der Waals surface area (Å²) in [7, 11) is 0. The van der Waals surface area contributed by atoms with Gasteiger partial charge in [-0.15, -0.1) is 0 Å². The molecule has 12 heteroatoms. The lowest BCUT2D eigenvalue weighted by atomic mass is 9.87. The third-order valence-electron chi connectivity index (χ3n) is 5.84. The van der Waals surface area contributed by atoms with Crippen molar-refractivity contribution in [3.05, 3.63) is 59.7 Å². The van der Waals surface area contributed by atoms with E-state index >= 15 is 0 Å². The van der Waals surface area contributed by atoms with Crippen molar-refractivity contribution in [1.82, 2.24) is 0 Å². The summed E-state index contributed by atoms with van der Waals surface area (Å²) < 4.78 is 33.4. The van der Waals surface area contributed by atoms with Crippen molar-refractivity contribution in [2.75, 3.05) is 23.7 Å². The summed E-state index contributed by atoms with van der Waals surface area (Å²) in [6, 6.07) is 14.8. The molecular formula is C26H32F3N5O4. The van der Waals surface area contributed by atoms with Crippen molar-refractivity contribution in [2.24, 2.45) is 17.4 Å². The first-order chi connectivity index (χ1) is 17.6. The van der Waals surface area contributed by atoms with Crippen molar-refractivity contribution in [1.29, 1.82) is 0 Å². The van der Waals surface area contributed by atoms with Gasteiger partial charge in [0.05, 0.1) is 30.4 Å². The van der Waals surface area contributed by atoms with E-state index in [0.29, 0.717) is 23.5 Å². The highest BCUT2D eigenvalue weighted by Gasteiger charge is 2.29. The van der Waals surface area contributed by atoms with E-state index in [-0.39, 0.29) is 29.1 Å². The lowest BCUT2D eigenvalue weighted by Gasteiger charge is -2.24. The summed E-state index contributed by atoms with van der Waals surface area (Å²) in [6.07, 6.45) is -3.58. The van der Waals surface area contributed by atoms with Crippen LogP contribution in [-0.4, -0.2) is 47.6 Å². The second kappa shape index (κ2) is 12.4. The Morgan fingerprint density at radius 2 is 1.47 bits per heavy atom. The first kappa shape index (κ1) is 30.1. The topological polar surface area (TPSA) is 153 Å². The van der Waals surface area contributed by atoms with Gasteiger partial charge in [0.25, 0.3) is 5.91 Å². The predicted octanol–water partition coefficient (Wildman–Crippen LogP) is 2.17. The second-order valence-electron chi connectivity index (χ2n) is 9.81. The van der Waals surface area contributed by atoms with E-state index < -0.39 is 12.1 Å². The van der Waals surface area contributed by atoms with Gasteiger partial charge in [0.2, 0.25) is 5.91 Å². The summed E-state index contributed by atoms with van der Waals surface area (Å²) >= 11 is 0. The summed E-state index contributed by atoms with van der Waals surface area (Å²) in [6.45, 7) is 7.64. The molecule has 9 nitrogen and oxygen atoms in total. The molecule has 1 fully saturated rings. The molecule has 0 saturated carbocycles. The number of benzene rings is 2. The number of rotatable bonds is 4. The van der Waals surface area contributed by atoms with Gasteiger partial charge in [0, 0.05) is 5.56 Å². The smallest absolute Gasteiger partial charge is 0.430 e. The molecule has 0 radical (unpaired) electrons. The van der Waals surface area contributed by atoms with Crippen molar-refractivity contribution < 1.29 is 37.2 Å². The molecule has 2 amide bonds. The van der Waals surface area contributed by atoms with Gasteiger partial charge in [-0.1, -0.05) is 45.0 Å². The zero-order valence-corrected chi connectivity index (χ0v) is 21.4. The third-order valence-corrected chi connectivity index (χ3v) is 5.84. The van der Waals surface area contributed by atoms with Crippen LogP contribution < -0.4 is 27.2 Å². The number of carboxylic acids is 1. The van der Waals surface area contributed by atoms with Crippen LogP contribution in [0.15, 0.2) is 48.5 Å². The second-order valence-corrected chi connectivity index (χ2v) is 9.81. The van der Waals surface area contributed by atoms with Gasteiger partial charge >= 0.3 is 12.1 Å². The van der Waals surface area contributed by atoms with E-state index in [4.69, 9.17) is 21.4 Å². The Bertz CT molecular complexity index is 1180. The van der Waals surface area contributed by atoms with Crippen LogP contribution >= 0.6 is 0 Å². The minimum Gasteiger partial charge on any atom is -0.542 e. The minimum absolute atomic E-state index is 0.0207. The number of alkyl halides is 3. The van der Waals surface area contributed by atoms with Crippen LogP contribution in [0.25, 0.3) is 0 Å². The van der Waals surface area contributed by atoms with E-state index in [1.807, 2.05) is 41.0 Å². The van der Waals surface area contributed by atoms with E-state index in [2.05, 4.69) is 31.4 Å². The molecule has 1 heterocycles. The molecule has 0 aromatic heterocycles. The fourth-order valence-electron chi connectivity index (χ4n) is 3.68. The number of nitrogens with zero attached hydrogens (tertiary/aromatic N) is 1. The number of amides is 2. The number of carboxylic acid groups (broad SMARTS) is 1. The van der Waals surface area contributed by atoms with Crippen LogP contribution in [0.1, 0.15) is 49.5 Å². The highest BCUT2D eigenvalue weighted by atomic mass is 19.4. The van der Waals surface area contributed by atoms with Gasteiger partial charge in [-0.2, -0.15) is 13.2 Å². The van der Waals surface area contributed by atoms with Gasteiger partial charge in [0.15, 0.2) is 0 Å². The van der Waals surface area contributed by atoms with Crippen LogP contribution in [0, 0.1) is 5.92 Å². The van der Waals surface area contributed by atoms with Gasteiger partial charge in [-0.05, 0) is 48.1 Å². The lowest BCUT2D eigenvalue weighted by Crippen LogP contribution is -2.43. The van der Waals surface area contributed by atoms with Crippen molar-refractivity contribution >= 4 is 35.1 Å². The maximum Gasteiger partial charge on any atom is 0.430 e. The molecule has 2 aromatic carbocycles. The normalized spacial score (nSPS) is 15.5. The molecule has 1 unspecified atom stereocenters. The number of nitrogens with one attached hydrogen (secondary N) is 2. The average Bonchev–Trinajstić information content (AvgIpc) is 2.84. The number of para-hydroxylation sites is 2. The van der Waals surface area contributed by atoms with Crippen molar-refractivity contribution in [3.63, 3.8) is 0 Å². The minimum atomic E-state index is -5.19. The summed E-state index contributed by atoms with van der Waals surface area (Å²) in [4.78, 5) is 34.4. The number of hydrogen-bond acceptors (Lipinski definition) is 4. The highest BCUT2D eigenvalue weighted by molar-refractivity contribution is 6.07. The summed E-state index contributed by atoms with van der Waals surface area (Å²) in [5.74, 6) is -3.32. The molecule has 0 bridgehead atoms. The number of guanidine groups is 1. The molecule has 0 aliphatic carbocycles. The van der Waals surface area contributed by atoms with Crippen molar-refractivity contribution in [2.45, 2.75) is 45.2 Å². The number of anilines is 2. The van der Waals surface area contributed by atoms with Crippen molar-refractivity contribution in [3.8, 4) is 0 Å². The molecule has 2 aromatic rings. The fourth-order valence-corrected chi connectivity index (χ4v) is 3.68. The van der Waals surface area contributed by atoms with Crippen LogP contribution in [-0.2, 0) is 15.0 Å². The number of piperidine rings is 1. The SMILES string of the molecule is CC(C)(C)c1ccc(C(=O)Nc2ccccc2NC(=O)C2CCC[N+](=C(N)N)C2)cc1.O=C([O-])C(F)(F)F. The molecule has 206 valence electrons. The third kappa shape index (κ3) is 8.79. The lowest BCUT2D eigenvalue weighted by molar-refractivity contribution is -0.544. The maximum atomic E-state index is 12.8. The molecular weight excluding hydrogens is 503 g/mol. The number of carbonyl (C=O) groups excluding carboxylic acids is 3. The molecule has 6 N–H and O–H groups in total. The Labute approximate surface area is 218 Å². The number of nitrogens with two attached hydrogens (primary N) is 2. The molecule has 1 aliphatic heterocycles. The van der Waals surface area contributed by atoms with Crippen LogP contribution in [0.3, 0.4) is 0 Å². The molecule has 38 heavy (non-hydrogen) atoms. The zero-order chi connectivity index (χ0) is 28.7. The van der Waals surface area contributed by atoms with Crippen LogP contribution in [0.5, 0.6) is 0 Å². The number of carbonyl (C=O) groups is 3. The largest absolute Gasteiger partial charge is 0.542 e. The standard InChI is InChI=1S/C24H31N5O2.C2HF3O2/c1-24(2,3)18-12-10-16(11-13-18)21(30)27-19-8-4-5-9-20(19)28-22(31)17-7-6-14-29(15-17)23(25)26;3-2(4,5)1(6)7/h4-5,8-13,17H,6-7,14-15H2,1-3H3,(H5,25,26,27,28,30,31);(H,6,7). The summed E-state index contributed by atoms with van der Waals surface area (Å²) in [5.41, 5.74) is 14.2. The van der Waals surface area contributed by atoms with E-state index in [1.54, 1.807) is 12.1 Å². The molecule has 3 rings (SSSR count). The monoisotopic (exact) mass is 535 g/mol. The van der Waals surface area contributed by atoms with Crippen LogP contribution in [0.4, 0.5) is 24.5 Å². The molecule has 1 atom stereocenters. The highest BCUT2D eigenvalue weighted by Crippen LogP contribution is 2.25. The fraction of sp³-hybridized carbons (Fsp3) is 0.385. The quantitative estimate of drug-likeness (QED) is 0.348.